The molecule has 0 radical (unpaired) electrons. The Morgan fingerprint density at radius 1 is 1.03 bits per heavy atom. The van der Waals surface area contributed by atoms with E-state index in [1.54, 1.807) is 52.0 Å². The number of amides is 1. The molecule has 1 atom stereocenters. The zero-order valence-corrected chi connectivity index (χ0v) is 20.2. The van der Waals surface area contributed by atoms with Crippen LogP contribution in [-0.4, -0.2) is 44.5 Å². The monoisotopic (exact) mass is 466 g/mol. The molecule has 34 heavy (non-hydrogen) atoms. The van der Waals surface area contributed by atoms with Crippen LogP contribution in [0.4, 0.5) is 16.2 Å². The number of carbonyl (C=O) groups excluding carboxylic acids is 2. The predicted molar refractivity (Wildman–Crippen MR) is 128 cm³/mol. The predicted octanol–water partition coefficient (Wildman–Crippen LogP) is 4.34. The number of carbonyl (C=O) groups is 2. The fourth-order valence-electron chi connectivity index (χ4n) is 3.41. The molecule has 0 spiro atoms. The molecule has 1 aromatic heterocycles. The number of rotatable bonds is 7. The van der Waals surface area contributed by atoms with Crippen LogP contribution in [0.2, 0.25) is 0 Å². The van der Waals surface area contributed by atoms with Crippen LogP contribution in [0.5, 0.6) is 0 Å². The Bertz CT molecular complexity index is 1150. The molecule has 0 saturated heterocycles. The lowest BCUT2D eigenvalue weighted by atomic mass is 10.1. The van der Waals surface area contributed by atoms with Gasteiger partial charge in [-0.2, -0.15) is 4.68 Å². The normalized spacial score (nSPS) is 12.1. The molecule has 180 valence electrons. The van der Waals surface area contributed by atoms with Crippen molar-refractivity contribution in [1.82, 2.24) is 20.2 Å². The van der Waals surface area contributed by atoms with Crippen LogP contribution >= 0.6 is 0 Å². The number of esters is 1. The molecular weight excluding hydrogens is 436 g/mol. The highest BCUT2D eigenvalue weighted by molar-refractivity contribution is 5.91. The Morgan fingerprint density at radius 3 is 2.29 bits per heavy atom. The molecule has 0 fully saturated rings. The van der Waals surface area contributed by atoms with Gasteiger partial charge in [0, 0.05) is 0 Å². The molecule has 0 aliphatic carbocycles. The Labute approximate surface area is 198 Å². The molecule has 1 amide bonds. The van der Waals surface area contributed by atoms with E-state index in [2.05, 4.69) is 26.2 Å². The van der Waals surface area contributed by atoms with E-state index in [-0.39, 0.29) is 12.4 Å². The lowest BCUT2D eigenvalue weighted by molar-refractivity contribution is -0.144. The minimum Gasteiger partial charge on any atom is -0.464 e. The first-order valence-corrected chi connectivity index (χ1v) is 11.0. The van der Waals surface area contributed by atoms with E-state index in [9.17, 15) is 9.59 Å². The van der Waals surface area contributed by atoms with Gasteiger partial charge in [-0.3, -0.25) is 5.32 Å². The van der Waals surface area contributed by atoms with Gasteiger partial charge in [0.15, 0.2) is 11.9 Å². The molecule has 3 rings (SSSR count). The van der Waals surface area contributed by atoms with Gasteiger partial charge in [0.2, 0.25) is 0 Å². The quantitative estimate of drug-likeness (QED) is 0.493. The second kappa shape index (κ2) is 10.3. The molecule has 10 nitrogen and oxygen atoms in total. The molecule has 0 aliphatic heterocycles. The van der Waals surface area contributed by atoms with Crippen molar-refractivity contribution in [3.05, 3.63) is 59.4 Å². The van der Waals surface area contributed by atoms with Gasteiger partial charge in [0.05, 0.1) is 23.7 Å². The third kappa shape index (κ3) is 5.89. The van der Waals surface area contributed by atoms with E-state index in [1.807, 2.05) is 32.0 Å². The summed E-state index contributed by atoms with van der Waals surface area (Å²) in [6.07, 6.45) is -0.616. The maximum Gasteiger partial charge on any atom is 0.412 e. The number of nitrogens with one attached hydrogen (secondary N) is 2. The second-order valence-corrected chi connectivity index (χ2v) is 8.69. The number of anilines is 2. The highest BCUT2D eigenvalue weighted by Gasteiger charge is 2.30. The summed E-state index contributed by atoms with van der Waals surface area (Å²) in [5.41, 5.74) is 2.91. The summed E-state index contributed by atoms with van der Waals surface area (Å²) >= 11 is 0. The average molecular weight is 467 g/mol. The van der Waals surface area contributed by atoms with E-state index in [4.69, 9.17) is 9.47 Å². The van der Waals surface area contributed by atoms with Crippen LogP contribution in [0.15, 0.2) is 42.5 Å². The number of tetrazole rings is 1. The Hall–Kier alpha value is -3.95. The van der Waals surface area contributed by atoms with E-state index in [0.717, 1.165) is 16.8 Å². The molecule has 1 heterocycles. The number of ether oxygens (including phenoxy) is 2. The summed E-state index contributed by atoms with van der Waals surface area (Å²) < 4.78 is 12.2. The van der Waals surface area contributed by atoms with Gasteiger partial charge in [-0.15, -0.1) is 5.10 Å². The van der Waals surface area contributed by atoms with Crippen molar-refractivity contribution in [2.45, 2.75) is 53.2 Å². The number of benzene rings is 2. The lowest BCUT2D eigenvalue weighted by Crippen LogP contribution is -2.29. The van der Waals surface area contributed by atoms with E-state index in [0.29, 0.717) is 11.4 Å². The third-order valence-corrected chi connectivity index (χ3v) is 4.79. The Kier molecular flexibility index (Phi) is 7.50. The Morgan fingerprint density at radius 2 is 1.68 bits per heavy atom. The van der Waals surface area contributed by atoms with E-state index >= 15 is 0 Å². The van der Waals surface area contributed by atoms with Crippen molar-refractivity contribution < 1.29 is 19.1 Å². The first kappa shape index (κ1) is 24.7. The second-order valence-electron chi connectivity index (χ2n) is 8.69. The van der Waals surface area contributed by atoms with Gasteiger partial charge in [-0.05, 0) is 75.2 Å². The summed E-state index contributed by atoms with van der Waals surface area (Å²) in [6.45, 7) is 11.1. The Balaban J connectivity index is 2.00. The molecule has 0 saturated carbocycles. The molecular formula is C24H30N6O4. The van der Waals surface area contributed by atoms with Crippen molar-refractivity contribution in [2.75, 3.05) is 17.2 Å². The lowest BCUT2D eigenvalue weighted by Gasteiger charge is -2.22. The largest absolute Gasteiger partial charge is 0.464 e. The number of aryl methyl sites for hydroxylation is 2. The summed E-state index contributed by atoms with van der Waals surface area (Å²) in [4.78, 5) is 25.4. The van der Waals surface area contributed by atoms with Gasteiger partial charge in [-0.25, -0.2) is 9.59 Å². The fourth-order valence-corrected chi connectivity index (χ4v) is 3.41. The summed E-state index contributed by atoms with van der Waals surface area (Å²) in [6, 6.07) is 11.8. The highest BCUT2D eigenvalue weighted by atomic mass is 16.6. The standard InChI is InChI=1S/C24H30N6O4/c1-7-33-22(31)19(21-27-28-29-30(21)20-15(2)11-10-12-16(20)3)25-17-13-8-9-14-18(17)26-23(32)34-24(4,5)6/h8-14,19,25H,7H2,1-6H3,(H,26,32). The van der Waals surface area contributed by atoms with Crippen molar-refractivity contribution in [1.29, 1.82) is 0 Å². The van der Waals surface area contributed by atoms with Crippen LogP contribution in [0.25, 0.3) is 5.69 Å². The number of nitrogens with zero attached hydrogens (tertiary/aromatic N) is 4. The van der Waals surface area contributed by atoms with E-state index in [1.165, 1.54) is 4.68 Å². The van der Waals surface area contributed by atoms with Gasteiger partial charge >= 0.3 is 12.1 Å². The van der Waals surface area contributed by atoms with E-state index < -0.39 is 23.7 Å². The smallest absolute Gasteiger partial charge is 0.412 e. The van der Waals surface area contributed by atoms with Crippen molar-refractivity contribution >= 4 is 23.4 Å². The molecule has 0 aliphatic rings. The molecule has 0 bridgehead atoms. The average Bonchev–Trinajstić information content (AvgIpc) is 3.20. The van der Waals surface area contributed by atoms with Crippen LogP contribution in [0, 0.1) is 13.8 Å². The van der Waals surface area contributed by atoms with Crippen LogP contribution < -0.4 is 10.6 Å². The van der Waals surface area contributed by atoms with Crippen LogP contribution in [0.3, 0.4) is 0 Å². The topological polar surface area (TPSA) is 120 Å². The van der Waals surface area contributed by atoms with Gasteiger partial charge in [0.25, 0.3) is 0 Å². The first-order chi connectivity index (χ1) is 16.1. The van der Waals surface area contributed by atoms with Gasteiger partial charge in [-0.1, -0.05) is 30.3 Å². The van der Waals surface area contributed by atoms with Crippen molar-refractivity contribution in [3.8, 4) is 5.69 Å². The number of para-hydroxylation sites is 3. The zero-order valence-electron chi connectivity index (χ0n) is 20.2. The minimum atomic E-state index is -1.05. The fraction of sp³-hybridized carbons (Fsp3) is 0.375. The SMILES string of the molecule is CCOC(=O)C(Nc1ccccc1NC(=O)OC(C)(C)C)c1nnnn1-c1c(C)cccc1C. The van der Waals surface area contributed by atoms with Crippen molar-refractivity contribution in [2.24, 2.45) is 0 Å². The number of hydrogen-bond donors (Lipinski definition) is 2. The van der Waals surface area contributed by atoms with Crippen LogP contribution in [0.1, 0.15) is 50.7 Å². The van der Waals surface area contributed by atoms with Gasteiger partial charge < -0.3 is 14.8 Å². The minimum absolute atomic E-state index is 0.180. The first-order valence-electron chi connectivity index (χ1n) is 11.0. The number of hydrogen-bond acceptors (Lipinski definition) is 8. The molecule has 3 aromatic rings. The summed E-state index contributed by atoms with van der Waals surface area (Å²) in [5.74, 6) is -0.306. The summed E-state index contributed by atoms with van der Waals surface area (Å²) in [5, 5.41) is 18.0. The summed E-state index contributed by atoms with van der Waals surface area (Å²) in [7, 11) is 0. The number of aromatic nitrogens is 4. The maximum absolute atomic E-state index is 13.0. The molecule has 2 aromatic carbocycles. The zero-order chi connectivity index (χ0) is 24.9. The maximum atomic E-state index is 13.0. The third-order valence-electron chi connectivity index (χ3n) is 4.79. The molecule has 1 unspecified atom stereocenters. The van der Waals surface area contributed by atoms with Gasteiger partial charge in [0.1, 0.15) is 5.60 Å². The molecule has 10 heteroatoms. The van der Waals surface area contributed by atoms with Crippen molar-refractivity contribution in [3.63, 3.8) is 0 Å². The highest BCUT2D eigenvalue weighted by Crippen LogP contribution is 2.29. The molecule has 2 N–H and O–H groups in total. The van der Waals surface area contributed by atoms with Crippen LogP contribution in [-0.2, 0) is 14.3 Å².